The summed E-state index contributed by atoms with van der Waals surface area (Å²) in [4.78, 5) is 11.8. The van der Waals surface area contributed by atoms with E-state index in [4.69, 9.17) is 9.47 Å². The molecule has 2 rings (SSSR count). The van der Waals surface area contributed by atoms with Crippen LogP contribution >= 0.6 is 15.9 Å². The van der Waals surface area contributed by atoms with Crippen LogP contribution in [0, 0.1) is 0 Å². The van der Waals surface area contributed by atoms with Crippen molar-refractivity contribution in [2.45, 2.75) is 26.7 Å². The van der Waals surface area contributed by atoms with Crippen molar-refractivity contribution in [2.75, 3.05) is 13.2 Å². The second-order valence-electron chi connectivity index (χ2n) is 6.09. The van der Waals surface area contributed by atoms with Crippen LogP contribution in [0.15, 0.2) is 46.0 Å². The lowest BCUT2D eigenvalue weighted by atomic mass is 10.0. The molecule has 2 aromatic carbocycles. The van der Waals surface area contributed by atoms with E-state index in [9.17, 15) is 9.90 Å². The van der Waals surface area contributed by atoms with E-state index in [1.807, 2.05) is 31.2 Å². The highest BCUT2D eigenvalue weighted by Crippen LogP contribution is 2.35. The Hall–Kier alpha value is -2.54. The summed E-state index contributed by atoms with van der Waals surface area (Å²) in [5, 5.41) is 13.8. The quantitative estimate of drug-likeness (QED) is 0.481. The number of amides is 1. The third kappa shape index (κ3) is 6.29. The van der Waals surface area contributed by atoms with Gasteiger partial charge in [0.05, 0.1) is 17.3 Å². The number of ether oxygens (including phenoxy) is 2. The van der Waals surface area contributed by atoms with E-state index in [-0.39, 0.29) is 18.3 Å². The van der Waals surface area contributed by atoms with Crippen molar-refractivity contribution in [1.82, 2.24) is 5.43 Å². The first-order valence-corrected chi connectivity index (χ1v) is 9.40. The van der Waals surface area contributed by atoms with Gasteiger partial charge < -0.3 is 14.6 Å². The van der Waals surface area contributed by atoms with E-state index in [0.717, 1.165) is 0 Å². The number of rotatable bonds is 8. The Kier molecular flexibility index (Phi) is 7.67. The van der Waals surface area contributed by atoms with E-state index < -0.39 is 0 Å². The molecule has 1 amide bonds. The molecular weight excluding hydrogens is 412 g/mol. The third-order valence-electron chi connectivity index (χ3n) is 3.67. The molecular formula is C20H23BrN2O4. The molecule has 0 saturated heterocycles. The SMILES string of the molecule is CCOc1cc(/C=N/NC(=O)COc2ccc(C(C)C)cc2)cc(Br)c1O. The maximum absolute atomic E-state index is 11.8. The number of phenolic OH excluding ortho intramolecular Hbond substituents is 1. The fourth-order valence-corrected chi connectivity index (χ4v) is 2.70. The van der Waals surface area contributed by atoms with Gasteiger partial charge in [0.1, 0.15) is 5.75 Å². The number of benzene rings is 2. The predicted molar refractivity (Wildman–Crippen MR) is 109 cm³/mol. The van der Waals surface area contributed by atoms with E-state index in [1.54, 1.807) is 12.1 Å². The summed E-state index contributed by atoms with van der Waals surface area (Å²) < 4.78 is 11.3. The first-order chi connectivity index (χ1) is 12.9. The summed E-state index contributed by atoms with van der Waals surface area (Å²) in [6, 6.07) is 10.9. The number of hydrazone groups is 1. The lowest BCUT2D eigenvalue weighted by Gasteiger charge is -2.09. The number of carbonyl (C=O) groups is 1. The number of nitrogens with zero attached hydrogens (tertiary/aromatic N) is 1. The van der Waals surface area contributed by atoms with Crippen LogP contribution in [-0.2, 0) is 4.79 Å². The van der Waals surface area contributed by atoms with Gasteiger partial charge in [0.25, 0.3) is 5.91 Å². The van der Waals surface area contributed by atoms with Gasteiger partial charge in [0.15, 0.2) is 18.1 Å². The molecule has 2 N–H and O–H groups in total. The Morgan fingerprint density at radius 3 is 2.59 bits per heavy atom. The summed E-state index contributed by atoms with van der Waals surface area (Å²) in [6.45, 7) is 6.34. The Bertz CT molecular complexity index is 804. The van der Waals surface area contributed by atoms with Crippen molar-refractivity contribution in [1.29, 1.82) is 0 Å². The summed E-state index contributed by atoms with van der Waals surface area (Å²) in [7, 11) is 0. The first kappa shape index (κ1) is 20.8. The zero-order valence-corrected chi connectivity index (χ0v) is 17.1. The van der Waals surface area contributed by atoms with Crippen LogP contribution in [0.4, 0.5) is 0 Å². The molecule has 0 aliphatic heterocycles. The van der Waals surface area contributed by atoms with Crippen molar-refractivity contribution in [2.24, 2.45) is 5.10 Å². The number of nitrogens with one attached hydrogen (secondary N) is 1. The highest BCUT2D eigenvalue weighted by Gasteiger charge is 2.08. The second-order valence-corrected chi connectivity index (χ2v) is 6.94. The predicted octanol–water partition coefficient (Wildman–Crippen LogP) is 4.21. The molecule has 0 unspecified atom stereocenters. The second kappa shape index (κ2) is 9.97. The molecule has 0 fully saturated rings. The van der Waals surface area contributed by atoms with Gasteiger partial charge in [-0.1, -0.05) is 26.0 Å². The number of aromatic hydroxyl groups is 1. The van der Waals surface area contributed by atoms with Gasteiger partial charge in [0.2, 0.25) is 0 Å². The van der Waals surface area contributed by atoms with Gasteiger partial charge in [-0.25, -0.2) is 5.43 Å². The highest BCUT2D eigenvalue weighted by molar-refractivity contribution is 9.10. The van der Waals surface area contributed by atoms with Gasteiger partial charge in [-0.15, -0.1) is 0 Å². The molecule has 7 heteroatoms. The topological polar surface area (TPSA) is 80.2 Å². The monoisotopic (exact) mass is 434 g/mol. The van der Waals surface area contributed by atoms with E-state index in [1.165, 1.54) is 11.8 Å². The van der Waals surface area contributed by atoms with Gasteiger partial charge in [0, 0.05) is 0 Å². The van der Waals surface area contributed by atoms with Crippen LogP contribution < -0.4 is 14.9 Å². The normalized spacial score (nSPS) is 11.0. The van der Waals surface area contributed by atoms with Crippen molar-refractivity contribution in [3.05, 3.63) is 52.0 Å². The van der Waals surface area contributed by atoms with Gasteiger partial charge >= 0.3 is 0 Å². The van der Waals surface area contributed by atoms with Crippen LogP contribution in [0.2, 0.25) is 0 Å². The minimum Gasteiger partial charge on any atom is -0.503 e. The average Bonchev–Trinajstić information content (AvgIpc) is 2.64. The molecule has 0 saturated carbocycles. The van der Waals surface area contributed by atoms with Crippen LogP contribution in [-0.4, -0.2) is 30.4 Å². The van der Waals surface area contributed by atoms with Crippen molar-refractivity contribution < 1.29 is 19.4 Å². The number of hydrogen-bond donors (Lipinski definition) is 2. The lowest BCUT2D eigenvalue weighted by Crippen LogP contribution is -2.24. The number of phenols is 1. The zero-order valence-electron chi connectivity index (χ0n) is 15.5. The van der Waals surface area contributed by atoms with Gasteiger partial charge in [-0.05, 0) is 64.2 Å². The Morgan fingerprint density at radius 2 is 1.96 bits per heavy atom. The Labute approximate surface area is 167 Å². The first-order valence-electron chi connectivity index (χ1n) is 8.60. The summed E-state index contributed by atoms with van der Waals surface area (Å²) in [6.07, 6.45) is 1.46. The molecule has 27 heavy (non-hydrogen) atoms. The third-order valence-corrected chi connectivity index (χ3v) is 4.27. The molecule has 144 valence electrons. The minimum absolute atomic E-state index is 0.0231. The smallest absolute Gasteiger partial charge is 0.277 e. The number of carbonyl (C=O) groups excluding carboxylic acids is 1. The van der Waals surface area contributed by atoms with Crippen molar-refractivity contribution in [3.63, 3.8) is 0 Å². The molecule has 0 aromatic heterocycles. The minimum atomic E-state index is -0.373. The molecule has 0 bridgehead atoms. The number of halogens is 1. The average molecular weight is 435 g/mol. The molecule has 6 nitrogen and oxygen atoms in total. The van der Waals surface area contributed by atoms with Crippen molar-refractivity contribution in [3.8, 4) is 17.2 Å². The molecule has 0 aliphatic rings. The van der Waals surface area contributed by atoms with Crippen LogP contribution in [0.1, 0.15) is 37.8 Å². The fraction of sp³-hybridized carbons (Fsp3) is 0.300. The molecule has 0 radical (unpaired) electrons. The lowest BCUT2D eigenvalue weighted by molar-refractivity contribution is -0.123. The van der Waals surface area contributed by atoms with Crippen molar-refractivity contribution >= 4 is 28.1 Å². The molecule has 2 aromatic rings. The summed E-state index contributed by atoms with van der Waals surface area (Å²) in [5.74, 6) is 1.06. The largest absolute Gasteiger partial charge is 0.503 e. The maximum Gasteiger partial charge on any atom is 0.277 e. The summed E-state index contributed by atoms with van der Waals surface area (Å²) in [5.41, 5.74) is 4.28. The zero-order chi connectivity index (χ0) is 19.8. The molecule has 0 heterocycles. The van der Waals surface area contributed by atoms with Crippen LogP contribution in [0.25, 0.3) is 0 Å². The van der Waals surface area contributed by atoms with Gasteiger partial charge in [-0.2, -0.15) is 5.10 Å². The molecule has 0 spiro atoms. The van der Waals surface area contributed by atoms with E-state index >= 15 is 0 Å². The standard InChI is InChI=1S/C20H23BrN2O4/c1-4-26-18-10-14(9-17(21)20(18)25)11-22-23-19(24)12-27-16-7-5-15(6-8-16)13(2)3/h5-11,13,25H,4,12H2,1-3H3,(H,23,24)/b22-11+. The van der Waals surface area contributed by atoms with E-state index in [0.29, 0.717) is 34.1 Å². The van der Waals surface area contributed by atoms with Crippen LogP contribution in [0.5, 0.6) is 17.2 Å². The maximum atomic E-state index is 11.8. The highest BCUT2D eigenvalue weighted by atomic mass is 79.9. The number of hydrogen-bond acceptors (Lipinski definition) is 5. The Morgan fingerprint density at radius 1 is 1.26 bits per heavy atom. The summed E-state index contributed by atoms with van der Waals surface area (Å²) >= 11 is 3.25. The van der Waals surface area contributed by atoms with E-state index in [2.05, 4.69) is 40.3 Å². The molecule has 0 atom stereocenters. The molecule has 0 aliphatic carbocycles. The van der Waals surface area contributed by atoms with Crippen LogP contribution in [0.3, 0.4) is 0 Å². The van der Waals surface area contributed by atoms with Gasteiger partial charge in [-0.3, -0.25) is 4.79 Å². The fourth-order valence-electron chi connectivity index (χ4n) is 2.24. The Balaban J connectivity index is 1.88.